The molecule has 0 heterocycles. The first-order chi connectivity index (χ1) is 9.67. The van der Waals surface area contributed by atoms with E-state index in [-0.39, 0.29) is 0 Å². The number of fused-ring (bicyclic) bond motifs is 1. The van der Waals surface area contributed by atoms with Crippen LogP contribution in [0.4, 0.5) is 0 Å². The van der Waals surface area contributed by atoms with Crippen molar-refractivity contribution >= 4 is 39.2 Å². The predicted octanol–water partition coefficient (Wildman–Crippen LogP) is 5.60. The lowest BCUT2D eigenvalue weighted by molar-refractivity contribution is 0.415. The van der Waals surface area contributed by atoms with E-state index in [1.165, 1.54) is 16.7 Å². The maximum Gasteiger partial charge on any atom is 0.120 e. The zero-order chi connectivity index (χ0) is 14.1. The van der Waals surface area contributed by atoms with Gasteiger partial charge in [0.05, 0.1) is 12.1 Å². The Morgan fingerprint density at radius 3 is 2.70 bits per heavy atom. The third kappa shape index (κ3) is 2.63. The summed E-state index contributed by atoms with van der Waals surface area (Å²) in [7, 11) is 1.65. The van der Waals surface area contributed by atoms with Crippen LogP contribution >= 0.6 is 27.5 Å². The maximum atomic E-state index is 6.37. The molecule has 0 bridgehead atoms. The number of ether oxygens (including phenoxy) is 1. The molecule has 0 amide bonds. The summed E-state index contributed by atoms with van der Waals surface area (Å²) in [5.74, 6) is 0.791. The summed E-state index contributed by atoms with van der Waals surface area (Å²) in [4.78, 5) is 0. The van der Waals surface area contributed by atoms with Crippen LogP contribution in [0.1, 0.15) is 23.1 Å². The SMILES string of the molecule is COc1ccc(C2=Cc3ccc(Br)cc3CC2)c(Cl)c1. The second-order valence-corrected chi connectivity index (χ2v) is 6.18. The number of allylic oxidation sites excluding steroid dienone is 1. The first-order valence-corrected chi connectivity index (χ1v) is 7.67. The van der Waals surface area contributed by atoms with Crippen LogP contribution in [0, 0.1) is 0 Å². The van der Waals surface area contributed by atoms with Gasteiger partial charge in [-0.25, -0.2) is 0 Å². The van der Waals surface area contributed by atoms with Crippen LogP contribution in [0.3, 0.4) is 0 Å². The molecule has 0 fully saturated rings. The van der Waals surface area contributed by atoms with Crippen LogP contribution in [0.15, 0.2) is 40.9 Å². The van der Waals surface area contributed by atoms with Crippen LogP contribution in [0.5, 0.6) is 5.75 Å². The first kappa shape index (κ1) is 13.7. The fourth-order valence-corrected chi connectivity index (χ4v) is 3.26. The molecule has 0 saturated heterocycles. The minimum Gasteiger partial charge on any atom is -0.497 e. The van der Waals surface area contributed by atoms with Crippen LogP contribution < -0.4 is 4.74 Å². The summed E-state index contributed by atoms with van der Waals surface area (Å²) in [6.45, 7) is 0. The molecule has 20 heavy (non-hydrogen) atoms. The van der Waals surface area contributed by atoms with Crippen molar-refractivity contribution < 1.29 is 4.74 Å². The van der Waals surface area contributed by atoms with Crippen LogP contribution in [-0.2, 0) is 6.42 Å². The molecule has 0 saturated carbocycles. The third-order valence-corrected chi connectivity index (χ3v) is 4.43. The van der Waals surface area contributed by atoms with Gasteiger partial charge >= 0.3 is 0 Å². The molecule has 0 unspecified atom stereocenters. The second-order valence-electron chi connectivity index (χ2n) is 4.86. The van der Waals surface area contributed by atoms with Crippen LogP contribution in [-0.4, -0.2) is 7.11 Å². The van der Waals surface area contributed by atoms with Gasteiger partial charge in [-0.1, -0.05) is 39.7 Å². The van der Waals surface area contributed by atoms with Gasteiger partial charge in [0.25, 0.3) is 0 Å². The highest BCUT2D eigenvalue weighted by Crippen LogP contribution is 2.36. The number of halogens is 2. The van der Waals surface area contributed by atoms with Crippen molar-refractivity contribution in [1.82, 2.24) is 0 Å². The molecule has 1 aliphatic rings. The fourth-order valence-electron chi connectivity index (χ4n) is 2.56. The summed E-state index contributed by atoms with van der Waals surface area (Å²) in [6.07, 6.45) is 4.29. The van der Waals surface area contributed by atoms with Gasteiger partial charge in [0.15, 0.2) is 0 Å². The smallest absolute Gasteiger partial charge is 0.120 e. The van der Waals surface area contributed by atoms with E-state index in [0.29, 0.717) is 0 Å². The maximum absolute atomic E-state index is 6.37. The Kier molecular flexibility index (Phi) is 3.86. The van der Waals surface area contributed by atoms with E-state index in [4.69, 9.17) is 16.3 Å². The third-order valence-electron chi connectivity index (χ3n) is 3.62. The van der Waals surface area contributed by atoms with Gasteiger partial charge < -0.3 is 4.74 Å². The lowest BCUT2D eigenvalue weighted by Gasteiger charge is -2.18. The monoisotopic (exact) mass is 348 g/mol. The summed E-state index contributed by atoms with van der Waals surface area (Å²) >= 11 is 9.89. The molecule has 0 atom stereocenters. The minimum absolute atomic E-state index is 0.746. The van der Waals surface area contributed by atoms with E-state index in [0.717, 1.165) is 33.6 Å². The largest absolute Gasteiger partial charge is 0.497 e. The molecule has 0 aromatic heterocycles. The Labute approximate surface area is 132 Å². The van der Waals surface area contributed by atoms with E-state index < -0.39 is 0 Å². The van der Waals surface area contributed by atoms with E-state index in [1.807, 2.05) is 18.2 Å². The molecule has 1 aliphatic carbocycles. The second kappa shape index (κ2) is 5.63. The molecular weight excluding hydrogens is 336 g/mol. The molecule has 102 valence electrons. The zero-order valence-electron chi connectivity index (χ0n) is 11.1. The van der Waals surface area contributed by atoms with E-state index in [2.05, 4.69) is 40.2 Å². The molecule has 2 aromatic rings. The van der Waals surface area contributed by atoms with Gasteiger partial charge in [-0.2, -0.15) is 0 Å². The van der Waals surface area contributed by atoms with E-state index in [9.17, 15) is 0 Å². The Bertz CT molecular complexity index is 691. The highest BCUT2D eigenvalue weighted by atomic mass is 79.9. The van der Waals surface area contributed by atoms with Crippen LogP contribution in [0.2, 0.25) is 5.02 Å². The highest BCUT2D eigenvalue weighted by molar-refractivity contribution is 9.10. The fraction of sp³-hybridized carbons (Fsp3) is 0.176. The van der Waals surface area contributed by atoms with Crippen molar-refractivity contribution in [3.8, 4) is 5.75 Å². The molecule has 3 rings (SSSR count). The molecule has 2 aromatic carbocycles. The summed E-state index contributed by atoms with van der Waals surface area (Å²) < 4.78 is 6.33. The molecule has 0 spiro atoms. The van der Waals surface area contributed by atoms with Crippen molar-refractivity contribution in [2.75, 3.05) is 7.11 Å². The predicted molar refractivity (Wildman–Crippen MR) is 88.3 cm³/mol. The van der Waals surface area contributed by atoms with Gasteiger partial charge in [0.2, 0.25) is 0 Å². The normalized spacial score (nSPS) is 13.7. The zero-order valence-corrected chi connectivity index (χ0v) is 13.5. The highest BCUT2D eigenvalue weighted by Gasteiger charge is 2.14. The average molecular weight is 350 g/mol. The Hall–Kier alpha value is -1.25. The van der Waals surface area contributed by atoms with Crippen LogP contribution in [0.25, 0.3) is 11.6 Å². The quantitative estimate of drug-likeness (QED) is 0.686. The van der Waals surface area contributed by atoms with Crippen molar-refractivity contribution in [3.63, 3.8) is 0 Å². The molecule has 1 nitrogen and oxygen atoms in total. The number of aryl methyl sites for hydroxylation is 1. The Morgan fingerprint density at radius 1 is 1.10 bits per heavy atom. The first-order valence-electron chi connectivity index (χ1n) is 6.50. The lowest BCUT2D eigenvalue weighted by Crippen LogP contribution is -1.99. The lowest BCUT2D eigenvalue weighted by atomic mass is 9.89. The van der Waals surface area contributed by atoms with Gasteiger partial charge in [-0.15, -0.1) is 0 Å². The molecule has 0 aliphatic heterocycles. The van der Waals surface area contributed by atoms with Gasteiger partial charge in [-0.3, -0.25) is 0 Å². The molecular formula is C17H14BrClO. The van der Waals surface area contributed by atoms with Crippen molar-refractivity contribution in [2.24, 2.45) is 0 Å². The molecule has 3 heteroatoms. The van der Waals surface area contributed by atoms with Gasteiger partial charge in [0.1, 0.15) is 5.75 Å². The number of benzene rings is 2. The number of methoxy groups -OCH3 is 1. The van der Waals surface area contributed by atoms with Crippen molar-refractivity contribution in [2.45, 2.75) is 12.8 Å². The average Bonchev–Trinajstić information content (AvgIpc) is 2.46. The standard InChI is InChI=1S/C17H14BrClO/c1-20-15-6-7-16(17(19)10-15)13-3-2-12-9-14(18)5-4-11(12)8-13/h4-10H,2-3H2,1H3. The summed E-state index contributed by atoms with van der Waals surface area (Å²) in [6, 6.07) is 12.3. The van der Waals surface area contributed by atoms with Gasteiger partial charge in [-0.05, 0) is 65.4 Å². The topological polar surface area (TPSA) is 9.23 Å². The molecule has 0 radical (unpaired) electrons. The number of hydrogen-bond acceptors (Lipinski definition) is 1. The van der Waals surface area contributed by atoms with Crippen molar-refractivity contribution in [3.05, 3.63) is 62.6 Å². The Morgan fingerprint density at radius 2 is 1.95 bits per heavy atom. The summed E-state index contributed by atoms with van der Waals surface area (Å²) in [5.41, 5.74) is 5.04. The number of hydrogen-bond donors (Lipinski definition) is 0. The van der Waals surface area contributed by atoms with E-state index >= 15 is 0 Å². The van der Waals surface area contributed by atoms with Gasteiger partial charge in [0, 0.05) is 4.47 Å². The molecule has 0 N–H and O–H groups in total. The number of rotatable bonds is 2. The minimum atomic E-state index is 0.746. The Balaban J connectivity index is 2.01. The van der Waals surface area contributed by atoms with Crippen molar-refractivity contribution in [1.29, 1.82) is 0 Å². The van der Waals surface area contributed by atoms with E-state index in [1.54, 1.807) is 7.11 Å². The summed E-state index contributed by atoms with van der Waals surface area (Å²) in [5, 5.41) is 0.746.